The summed E-state index contributed by atoms with van der Waals surface area (Å²) in [5.41, 5.74) is 12.4. The third kappa shape index (κ3) is 5.55. The van der Waals surface area contributed by atoms with Crippen LogP contribution in [0.4, 0.5) is 0 Å². The van der Waals surface area contributed by atoms with Crippen LogP contribution >= 0.6 is 0 Å². The Balaban J connectivity index is 1.31. The molecule has 6 aromatic rings. The van der Waals surface area contributed by atoms with Crippen molar-refractivity contribution in [1.29, 1.82) is 0 Å². The van der Waals surface area contributed by atoms with Crippen molar-refractivity contribution in [2.75, 3.05) is 0 Å². The number of benzene rings is 6. The van der Waals surface area contributed by atoms with Crippen molar-refractivity contribution in [3.05, 3.63) is 202 Å². The molecule has 0 spiro atoms. The number of carbonyl (C=O) groups excluding carboxylic acids is 2. The minimum atomic E-state index is -0.166. The first-order valence-electron chi connectivity index (χ1n) is 17.0. The number of fused-ring (bicyclic) bond motifs is 1. The van der Waals surface area contributed by atoms with E-state index in [0.717, 1.165) is 55.6 Å². The fraction of sp³-hybridized carbons (Fsp3) is 0.0870. The first kappa shape index (κ1) is 31.0. The maximum absolute atomic E-state index is 15.0. The van der Waals surface area contributed by atoms with E-state index in [-0.39, 0.29) is 11.8 Å². The summed E-state index contributed by atoms with van der Waals surface area (Å²) in [7, 11) is 0. The molecule has 0 atom stereocenters. The molecule has 0 bridgehead atoms. The molecule has 4 nitrogen and oxygen atoms in total. The summed E-state index contributed by atoms with van der Waals surface area (Å²) in [6, 6.07) is 53.1. The summed E-state index contributed by atoms with van der Waals surface area (Å²) >= 11 is 0. The Bertz CT molecular complexity index is 2130. The van der Waals surface area contributed by atoms with Gasteiger partial charge in [-0.3, -0.25) is 9.59 Å². The molecule has 0 saturated heterocycles. The van der Waals surface area contributed by atoms with Crippen LogP contribution in [0.3, 0.4) is 0 Å². The molecule has 4 heteroatoms. The molecule has 0 unspecified atom stereocenters. The Morgan fingerprint density at radius 1 is 0.380 bits per heavy atom. The van der Waals surface area contributed by atoms with Gasteiger partial charge in [0.15, 0.2) is 0 Å². The predicted molar refractivity (Wildman–Crippen MR) is 201 cm³/mol. The van der Waals surface area contributed by atoms with Crippen LogP contribution in [0.15, 0.2) is 169 Å². The summed E-state index contributed by atoms with van der Waals surface area (Å²) in [6.45, 7) is 4.74. The number of hydrogen-bond donors (Lipinski definition) is 0. The van der Waals surface area contributed by atoms with Gasteiger partial charge in [-0.15, -0.1) is 0 Å². The van der Waals surface area contributed by atoms with E-state index in [2.05, 4.69) is 48.5 Å². The first-order valence-corrected chi connectivity index (χ1v) is 17.0. The lowest BCUT2D eigenvalue weighted by Crippen LogP contribution is -2.29. The molecule has 2 aliphatic rings. The van der Waals surface area contributed by atoms with E-state index in [9.17, 15) is 0 Å². The predicted octanol–water partition coefficient (Wildman–Crippen LogP) is 9.84. The van der Waals surface area contributed by atoms with Crippen molar-refractivity contribution in [3.8, 4) is 22.3 Å². The number of carbonyl (C=O) groups is 2. The summed E-state index contributed by atoms with van der Waals surface area (Å²) in [5.74, 6) is -0.331. The zero-order valence-electron chi connectivity index (χ0n) is 28.1. The Morgan fingerprint density at radius 2 is 0.720 bits per heavy atom. The van der Waals surface area contributed by atoms with Gasteiger partial charge < -0.3 is 9.80 Å². The highest BCUT2D eigenvalue weighted by molar-refractivity contribution is 6.30. The summed E-state index contributed by atoms with van der Waals surface area (Å²) < 4.78 is 0. The second-order valence-electron chi connectivity index (χ2n) is 13.0. The normalized spacial score (nSPS) is 14.2. The van der Waals surface area contributed by atoms with Crippen LogP contribution in [0.1, 0.15) is 33.4 Å². The van der Waals surface area contributed by atoms with E-state index in [1.807, 2.05) is 133 Å². The van der Waals surface area contributed by atoms with Crippen LogP contribution in [-0.4, -0.2) is 21.6 Å². The van der Waals surface area contributed by atoms with E-state index < -0.39 is 0 Å². The summed E-state index contributed by atoms with van der Waals surface area (Å²) in [5, 5.41) is 0. The molecule has 0 radical (unpaired) electrons. The van der Waals surface area contributed by atoms with E-state index >= 15 is 9.59 Å². The van der Waals surface area contributed by atoms with Gasteiger partial charge in [-0.25, -0.2) is 0 Å². The highest BCUT2D eigenvalue weighted by Crippen LogP contribution is 2.48. The van der Waals surface area contributed by atoms with Gasteiger partial charge in [-0.2, -0.15) is 0 Å². The number of aryl methyl sites for hydroxylation is 2. The van der Waals surface area contributed by atoms with Gasteiger partial charge in [0, 0.05) is 0 Å². The van der Waals surface area contributed by atoms with Crippen molar-refractivity contribution >= 4 is 23.2 Å². The minimum Gasteiger partial charge on any atom is -0.302 e. The van der Waals surface area contributed by atoms with Crippen molar-refractivity contribution in [2.24, 2.45) is 0 Å². The fourth-order valence-electron chi connectivity index (χ4n) is 7.18. The highest BCUT2D eigenvalue weighted by atomic mass is 16.2. The molecule has 0 aromatic heterocycles. The van der Waals surface area contributed by atoms with Gasteiger partial charge >= 0.3 is 0 Å². The molecule has 242 valence electrons. The first-order chi connectivity index (χ1) is 24.5. The highest BCUT2D eigenvalue weighted by Gasteiger charge is 2.49. The summed E-state index contributed by atoms with van der Waals surface area (Å²) in [4.78, 5) is 33.7. The van der Waals surface area contributed by atoms with Gasteiger partial charge in [0.25, 0.3) is 11.8 Å². The van der Waals surface area contributed by atoms with E-state index in [1.165, 1.54) is 0 Å². The molecule has 2 heterocycles. The van der Waals surface area contributed by atoms with E-state index in [0.29, 0.717) is 35.6 Å². The topological polar surface area (TPSA) is 40.6 Å². The minimum absolute atomic E-state index is 0.166. The molecule has 6 aromatic carbocycles. The number of amides is 2. The molecule has 8 rings (SSSR count). The van der Waals surface area contributed by atoms with Crippen molar-refractivity contribution in [3.63, 3.8) is 0 Å². The number of hydrogen-bond acceptors (Lipinski definition) is 2. The molecule has 2 aliphatic heterocycles. The molecule has 0 fully saturated rings. The maximum atomic E-state index is 15.0. The van der Waals surface area contributed by atoms with Crippen LogP contribution < -0.4 is 0 Å². The fourth-order valence-corrected chi connectivity index (χ4v) is 7.18. The van der Waals surface area contributed by atoms with Crippen LogP contribution in [-0.2, 0) is 22.7 Å². The Hall–Kier alpha value is -6.26. The molecule has 2 amide bonds. The zero-order valence-corrected chi connectivity index (χ0v) is 28.1. The average molecular weight is 649 g/mol. The van der Waals surface area contributed by atoms with Crippen LogP contribution in [0.25, 0.3) is 33.6 Å². The molecular formula is C46H36N2O2. The Morgan fingerprint density at radius 3 is 1.10 bits per heavy atom. The lowest BCUT2D eigenvalue weighted by Gasteiger charge is -2.27. The quantitative estimate of drug-likeness (QED) is 0.165. The van der Waals surface area contributed by atoms with Gasteiger partial charge in [-0.05, 0) is 58.4 Å². The third-order valence-corrected chi connectivity index (χ3v) is 9.69. The lowest BCUT2D eigenvalue weighted by molar-refractivity contribution is -0.124. The number of nitrogens with zero attached hydrogens (tertiary/aromatic N) is 2. The molecular weight excluding hydrogens is 613 g/mol. The monoisotopic (exact) mass is 648 g/mol. The Labute approximate surface area is 293 Å². The molecule has 0 aliphatic carbocycles. The van der Waals surface area contributed by atoms with Gasteiger partial charge in [0.2, 0.25) is 0 Å². The standard InChI is InChI=1S/C46H36N2O2/c1-31-21-25-35(26-22-31)43-41-42(46(50)47(43)29-37-17-9-11-19-39(37)33-13-5-3-6-14-33)44(36-27-23-32(2)24-28-36)48(45(41)49)30-38-18-10-12-20-40(38)34-15-7-4-8-16-34/h3-28H,29-30H2,1-2H3. The SMILES string of the molecule is Cc1ccc(C2=C3C(=O)N(Cc4ccccc4-c4ccccc4)C(c4ccc(C)cc4)=C3C(=O)N2Cc2ccccc2-c2ccccc2)cc1. The van der Waals surface area contributed by atoms with Crippen LogP contribution in [0.5, 0.6) is 0 Å². The second kappa shape index (κ2) is 13.0. The molecule has 0 saturated carbocycles. The zero-order chi connectivity index (χ0) is 34.2. The van der Waals surface area contributed by atoms with E-state index in [4.69, 9.17) is 0 Å². The third-order valence-electron chi connectivity index (χ3n) is 9.69. The smallest absolute Gasteiger partial charge is 0.261 e. The maximum Gasteiger partial charge on any atom is 0.261 e. The van der Waals surface area contributed by atoms with Crippen LogP contribution in [0, 0.1) is 13.8 Å². The van der Waals surface area contributed by atoms with Crippen molar-refractivity contribution in [1.82, 2.24) is 9.80 Å². The van der Waals surface area contributed by atoms with Crippen molar-refractivity contribution < 1.29 is 9.59 Å². The lowest BCUT2D eigenvalue weighted by atomic mass is 9.98. The van der Waals surface area contributed by atoms with Crippen LogP contribution in [0.2, 0.25) is 0 Å². The van der Waals surface area contributed by atoms with Crippen molar-refractivity contribution in [2.45, 2.75) is 26.9 Å². The van der Waals surface area contributed by atoms with Gasteiger partial charge in [0.05, 0.1) is 35.6 Å². The Kier molecular flexibility index (Phi) is 8.06. The van der Waals surface area contributed by atoms with Gasteiger partial charge in [-0.1, -0.05) is 169 Å². The second-order valence-corrected chi connectivity index (χ2v) is 13.0. The number of rotatable bonds is 8. The van der Waals surface area contributed by atoms with Gasteiger partial charge in [0.1, 0.15) is 0 Å². The van der Waals surface area contributed by atoms with E-state index in [1.54, 1.807) is 0 Å². The summed E-state index contributed by atoms with van der Waals surface area (Å²) in [6.07, 6.45) is 0. The average Bonchev–Trinajstić information content (AvgIpc) is 3.59. The molecule has 50 heavy (non-hydrogen) atoms. The molecule has 0 N–H and O–H groups in total. The largest absolute Gasteiger partial charge is 0.302 e.